The molecule has 9 N–H and O–H groups in total. The van der Waals surface area contributed by atoms with Crippen molar-refractivity contribution < 1.29 is 30.0 Å². The molecule has 25 heavy (non-hydrogen) atoms. The molecule has 1 aliphatic rings. The zero-order valence-corrected chi connectivity index (χ0v) is 13.1. The van der Waals surface area contributed by atoms with Crippen molar-refractivity contribution in [3.63, 3.8) is 0 Å². The van der Waals surface area contributed by atoms with Crippen LogP contribution in [0.25, 0.3) is 0 Å². The number of carbonyl (C=O) groups is 1. The largest absolute Gasteiger partial charge is 0.397 e. The lowest BCUT2D eigenvalue weighted by molar-refractivity contribution is -0.214. The highest BCUT2D eigenvalue weighted by molar-refractivity contribution is 5.98. The van der Waals surface area contributed by atoms with Gasteiger partial charge in [0.2, 0.25) is 5.91 Å². The first-order valence-electron chi connectivity index (χ1n) is 7.36. The van der Waals surface area contributed by atoms with E-state index in [-0.39, 0.29) is 22.4 Å². The van der Waals surface area contributed by atoms with Crippen LogP contribution in [0.4, 0.5) is 5.69 Å². The number of aliphatic hydroxyl groups is 4. The highest BCUT2D eigenvalue weighted by Crippen LogP contribution is 2.22. The second-order valence-corrected chi connectivity index (χ2v) is 5.55. The molecule has 0 aromatic heterocycles. The van der Waals surface area contributed by atoms with Crippen LogP contribution in [0.2, 0.25) is 0 Å². The molecule has 1 aliphatic heterocycles. The second-order valence-electron chi connectivity index (χ2n) is 5.55. The number of anilines is 1. The Bertz CT molecular complexity index is 739. The molecule has 0 bridgehead atoms. The average Bonchev–Trinajstić information content (AvgIpc) is 2.60. The van der Waals surface area contributed by atoms with Crippen LogP contribution in [-0.4, -0.2) is 69.7 Å². The highest BCUT2D eigenvalue weighted by atomic mass is 16.5. The summed E-state index contributed by atoms with van der Waals surface area (Å²) in [5, 5.41) is 45.9. The number of carbonyl (C=O) groups excluding carboxylic acids is 1. The second kappa shape index (κ2) is 7.60. The van der Waals surface area contributed by atoms with Crippen LogP contribution in [0, 0.1) is 17.3 Å². The maximum absolute atomic E-state index is 11.4. The molecule has 1 amide bonds. The van der Waals surface area contributed by atoms with E-state index in [4.69, 9.17) is 26.7 Å². The zero-order chi connectivity index (χ0) is 18.7. The van der Waals surface area contributed by atoms with E-state index in [1.54, 1.807) is 0 Å². The first-order chi connectivity index (χ1) is 11.8. The molecule has 134 valence electrons. The standard InChI is InChI=1S/C16H19N3O6/c17-5-9-4-8(16(19)24)3-7(12(9)18)1-2-10-13(21)15(23)14(22)11(6-20)25-10/h3-5,10-11,13-15,17,20-23H,6,18H2,(H2,19,24)/t10?,11?,13?,14-,15?/m1/s1. The number of aliphatic hydroxyl groups excluding tert-OH is 4. The fraction of sp³-hybridized carbons (Fsp3) is 0.375. The normalized spacial score (nSPS) is 28.7. The molecule has 9 heteroatoms. The Morgan fingerprint density at radius 3 is 2.52 bits per heavy atom. The quantitative estimate of drug-likeness (QED) is 0.179. The van der Waals surface area contributed by atoms with Gasteiger partial charge in [0.15, 0.2) is 0 Å². The van der Waals surface area contributed by atoms with E-state index in [1.807, 2.05) is 0 Å². The minimum absolute atomic E-state index is 0.103. The van der Waals surface area contributed by atoms with Crippen molar-refractivity contribution in [2.45, 2.75) is 30.5 Å². The van der Waals surface area contributed by atoms with Gasteiger partial charge in [0, 0.05) is 22.9 Å². The lowest BCUT2D eigenvalue weighted by Gasteiger charge is -2.37. The fourth-order valence-corrected chi connectivity index (χ4v) is 2.41. The van der Waals surface area contributed by atoms with Crippen LogP contribution < -0.4 is 11.5 Å². The van der Waals surface area contributed by atoms with Crippen LogP contribution in [0.1, 0.15) is 21.5 Å². The molecule has 2 rings (SSSR count). The summed E-state index contributed by atoms with van der Waals surface area (Å²) in [6.45, 7) is -0.569. The number of amides is 1. The topological polar surface area (TPSA) is 183 Å². The third-order valence-corrected chi connectivity index (χ3v) is 3.89. The van der Waals surface area contributed by atoms with Crippen molar-refractivity contribution in [3.05, 3.63) is 28.8 Å². The van der Waals surface area contributed by atoms with Crippen LogP contribution >= 0.6 is 0 Å². The van der Waals surface area contributed by atoms with E-state index in [0.29, 0.717) is 0 Å². The Kier molecular flexibility index (Phi) is 5.73. The van der Waals surface area contributed by atoms with E-state index in [1.165, 1.54) is 12.1 Å². The van der Waals surface area contributed by atoms with Gasteiger partial charge in [-0.25, -0.2) is 0 Å². The molecule has 5 atom stereocenters. The maximum Gasteiger partial charge on any atom is 0.248 e. The molecule has 0 aliphatic carbocycles. The van der Waals surface area contributed by atoms with Gasteiger partial charge in [-0.05, 0) is 12.1 Å². The summed E-state index contributed by atoms with van der Waals surface area (Å²) in [7, 11) is 0. The van der Waals surface area contributed by atoms with Crippen molar-refractivity contribution in [3.8, 4) is 11.8 Å². The monoisotopic (exact) mass is 349 g/mol. The van der Waals surface area contributed by atoms with Crippen molar-refractivity contribution in [2.24, 2.45) is 5.73 Å². The molecular formula is C16H19N3O6. The van der Waals surface area contributed by atoms with Crippen LogP contribution in [-0.2, 0) is 4.74 Å². The van der Waals surface area contributed by atoms with Crippen molar-refractivity contribution in [2.75, 3.05) is 12.3 Å². The number of nitrogen functional groups attached to an aromatic ring is 1. The molecule has 1 fully saturated rings. The van der Waals surface area contributed by atoms with Gasteiger partial charge < -0.3 is 42.0 Å². The van der Waals surface area contributed by atoms with Crippen molar-refractivity contribution in [1.29, 1.82) is 5.41 Å². The van der Waals surface area contributed by atoms with Gasteiger partial charge in [0.1, 0.15) is 30.5 Å². The van der Waals surface area contributed by atoms with E-state index >= 15 is 0 Å². The molecule has 1 aromatic rings. The Hall–Kier alpha value is -2.48. The summed E-state index contributed by atoms with van der Waals surface area (Å²) in [4.78, 5) is 11.4. The number of hydrogen-bond acceptors (Lipinski definition) is 8. The van der Waals surface area contributed by atoms with Crippen LogP contribution in [0.5, 0.6) is 0 Å². The molecule has 1 heterocycles. The Morgan fingerprint density at radius 2 is 1.96 bits per heavy atom. The summed E-state index contributed by atoms with van der Waals surface area (Å²) in [5.74, 6) is 4.44. The fourth-order valence-electron chi connectivity index (χ4n) is 2.41. The van der Waals surface area contributed by atoms with Gasteiger partial charge in [-0.15, -0.1) is 0 Å². The lowest BCUT2D eigenvalue weighted by atomic mass is 9.95. The number of hydrogen-bond donors (Lipinski definition) is 7. The molecule has 0 saturated carbocycles. The van der Waals surface area contributed by atoms with E-state index < -0.39 is 43.0 Å². The highest BCUT2D eigenvalue weighted by Gasteiger charge is 2.42. The molecule has 1 aromatic carbocycles. The molecule has 1 saturated heterocycles. The SMILES string of the molecule is N=Cc1cc(C(N)=O)cc(C#CC2OC(CO)[C@@H](O)C(O)C2O)c1N. The third-order valence-electron chi connectivity index (χ3n) is 3.89. The number of nitrogens with one attached hydrogen (secondary N) is 1. The summed E-state index contributed by atoms with van der Waals surface area (Å²) < 4.78 is 5.27. The van der Waals surface area contributed by atoms with Gasteiger partial charge >= 0.3 is 0 Å². The van der Waals surface area contributed by atoms with E-state index in [0.717, 1.165) is 6.21 Å². The Morgan fingerprint density at radius 1 is 1.28 bits per heavy atom. The van der Waals surface area contributed by atoms with Gasteiger partial charge in [-0.2, -0.15) is 0 Å². The summed E-state index contributed by atoms with van der Waals surface area (Å²) in [6, 6.07) is 2.69. The minimum Gasteiger partial charge on any atom is -0.397 e. The molecular weight excluding hydrogens is 330 g/mol. The van der Waals surface area contributed by atoms with Gasteiger partial charge in [-0.3, -0.25) is 4.79 Å². The number of nitrogens with two attached hydrogens (primary N) is 2. The molecule has 0 spiro atoms. The zero-order valence-electron chi connectivity index (χ0n) is 13.1. The molecule has 9 nitrogen and oxygen atoms in total. The van der Waals surface area contributed by atoms with Gasteiger partial charge in [0.25, 0.3) is 0 Å². The maximum atomic E-state index is 11.4. The first kappa shape index (κ1) is 18.9. The number of ether oxygens (including phenoxy) is 1. The molecule has 4 unspecified atom stereocenters. The van der Waals surface area contributed by atoms with Crippen LogP contribution in [0.3, 0.4) is 0 Å². The third kappa shape index (κ3) is 3.79. The van der Waals surface area contributed by atoms with Crippen molar-refractivity contribution >= 4 is 17.8 Å². The molecule has 0 radical (unpaired) electrons. The predicted octanol–water partition coefficient (Wildman–Crippen LogP) is -2.44. The minimum atomic E-state index is -1.54. The summed E-state index contributed by atoms with van der Waals surface area (Å²) in [6.07, 6.45) is -5.86. The predicted molar refractivity (Wildman–Crippen MR) is 87.9 cm³/mol. The van der Waals surface area contributed by atoms with Gasteiger partial charge in [0.05, 0.1) is 12.3 Å². The smallest absolute Gasteiger partial charge is 0.248 e. The number of primary amides is 1. The Balaban J connectivity index is 2.38. The Labute approximate surface area is 143 Å². The number of rotatable bonds is 3. The number of benzene rings is 1. The average molecular weight is 349 g/mol. The summed E-state index contributed by atoms with van der Waals surface area (Å²) in [5.41, 5.74) is 11.8. The van der Waals surface area contributed by atoms with E-state index in [2.05, 4.69) is 11.8 Å². The van der Waals surface area contributed by atoms with Crippen molar-refractivity contribution in [1.82, 2.24) is 0 Å². The first-order valence-corrected chi connectivity index (χ1v) is 7.36. The van der Waals surface area contributed by atoms with E-state index in [9.17, 15) is 20.1 Å². The van der Waals surface area contributed by atoms with Gasteiger partial charge in [-0.1, -0.05) is 11.8 Å². The summed E-state index contributed by atoms with van der Waals surface area (Å²) >= 11 is 0. The lowest BCUT2D eigenvalue weighted by Crippen LogP contribution is -2.58. The van der Waals surface area contributed by atoms with Crippen LogP contribution in [0.15, 0.2) is 12.1 Å².